The lowest BCUT2D eigenvalue weighted by molar-refractivity contribution is -0.120. The Balaban J connectivity index is 1.82. The molecule has 0 aliphatic heterocycles. The molecule has 2 N–H and O–H groups in total. The third-order valence-corrected chi connectivity index (χ3v) is 2.46. The van der Waals surface area contributed by atoms with E-state index in [0.717, 1.165) is 16.8 Å². The van der Waals surface area contributed by atoms with Gasteiger partial charge in [0.25, 0.3) is 0 Å². The van der Waals surface area contributed by atoms with Crippen molar-refractivity contribution in [2.24, 2.45) is 0 Å². The number of hydrogen-bond donors (Lipinski definition) is 2. The summed E-state index contributed by atoms with van der Waals surface area (Å²) in [5.74, 6) is 0.0212. The van der Waals surface area contributed by atoms with Gasteiger partial charge in [0.1, 0.15) is 0 Å². The Labute approximate surface area is 100 Å². The quantitative estimate of drug-likeness (QED) is 0.836. The van der Waals surface area contributed by atoms with Gasteiger partial charge in [0, 0.05) is 30.8 Å². The molecule has 17 heavy (non-hydrogen) atoms. The van der Waals surface area contributed by atoms with Crippen LogP contribution < -0.4 is 5.32 Å². The van der Waals surface area contributed by atoms with Crippen LogP contribution in [0.2, 0.25) is 0 Å². The van der Waals surface area contributed by atoms with Crippen molar-refractivity contribution in [1.29, 1.82) is 0 Å². The molecule has 0 aliphatic carbocycles. The number of nitrogens with one attached hydrogen (secondary N) is 2. The molecular weight excluding hydrogens is 214 g/mol. The van der Waals surface area contributed by atoms with E-state index in [2.05, 4.69) is 15.3 Å². The van der Waals surface area contributed by atoms with E-state index in [-0.39, 0.29) is 5.91 Å². The second-order valence-electron chi connectivity index (χ2n) is 4.01. The number of aryl methyl sites for hydroxylation is 1. The standard InChI is InChI=1S/C13H15N3O/c1-10-5-12(9-15-10)6-13(17)16-8-11-3-2-4-14-7-11/h2-5,7,9,15H,6,8H2,1H3,(H,16,17). The molecule has 1 amide bonds. The minimum atomic E-state index is 0.0212. The van der Waals surface area contributed by atoms with Crippen LogP contribution in [0.4, 0.5) is 0 Å². The number of amides is 1. The molecule has 0 saturated heterocycles. The number of carbonyl (C=O) groups excluding carboxylic acids is 1. The molecular formula is C13H15N3O. The van der Waals surface area contributed by atoms with Gasteiger partial charge in [0.05, 0.1) is 6.42 Å². The topological polar surface area (TPSA) is 57.8 Å². The van der Waals surface area contributed by atoms with Gasteiger partial charge in [-0.15, -0.1) is 0 Å². The van der Waals surface area contributed by atoms with Gasteiger partial charge < -0.3 is 10.3 Å². The highest BCUT2D eigenvalue weighted by Gasteiger charge is 2.04. The number of carbonyl (C=O) groups is 1. The van der Waals surface area contributed by atoms with Crippen molar-refractivity contribution in [2.45, 2.75) is 19.9 Å². The Morgan fingerprint density at radius 3 is 3.00 bits per heavy atom. The summed E-state index contributed by atoms with van der Waals surface area (Å²) in [4.78, 5) is 18.7. The van der Waals surface area contributed by atoms with Crippen LogP contribution in [0.25, 0.3) is 0 Å². The summed E-state index contributed by atoms with van der Waals surface area (Å²) in [7, 11) is 0. The Morgan fingerprint density at radius 2 is 2.35 bits per heavy atom. The fourth-order valence-electron chi connectivity index (χ4n) is 1.62. The van der Waals surface area contributed by atoms with Crippen molar-refractivity contribution in [3.05, 3.63) is 53.6 Å². The molecule has 2 rings (SSSR count). The molecule has 0 fully saturated rings. The first-order valence-corrected chi connectivity index (χ1v) is 5.53. The molecule has 0 radical (unpaired) electrons. The molecule has 0 saturated carbocycles. The van der Waals surface area contributed by atoms with Crippen molar-refractivity contribution < 1.29 is 4.79 Å². The van der Waals surface area contributed by atoms with E-state index in [1.807, 2.05) is 31.3 Å². The minimum Gasteiger partial charge on any atom is -0.365 e. The van der Waals surface area contributed by atoms with Gasteiger partial charge in [0.15, 0.2) is 0 Å². The van der Waals surface area contributed by atoms with E-state index in [4.69, 9.17) is 0 Å². The molecule has 88 valence electrons. The summed E-state index contributed by atoms with van der Waals surface area (Å²) in [6.45, 7) is 2.49. The van der Waals surface area contributed by atoms with Crippen LogP contribution >= 0.6 is 0 Å². The zero-order valence-corrected chi connectivity index (χ0v) is 9.73. The van der Waals surface area contributed by atoms with Crippen molar-refractivity contribution in [3.8, 4) is 0 Å². The lowest BCUT2D eigenvalue weighted by Gasteiger charge is -2.03. The smallest absolute Gasteiger partial charge is 0.224 e. The lowest BCUT2D eigenvalue weighted by Crippen LogP contribution is -2.24. The van der Waals surface area contributed by atoms with Crippen LogP contribution in [0.1, 0.15) is 16.8 Å². The molecule has 4 heteroatoms. The predicted octanol–water partition coefficient (Wildman–Crippen LogP) is 1.58. The highest BCUT2D eigenvalue weighted by molar-refractivity contribution is 5.78. The third-order valence-electron chi connectivity index (χ3n) is 2.46. The highest BCUT2D eigenvalue weighted by atomic mass is 16.1. The van der Waals surface area contributed by atoms with E-state index in [9.17, 15) is 4.79 Å². The van der Waals surface area contributed by atoms with E-state index in [1.54, 1.807) is 12.4 Å². The van der Waals surface area contributed by atoms with Crippen LogP contribution in [0.5, 0.6) is 0 Å². The molecule has 4 nitrogen and oxygen atoms in total. The summed E-state index contributed by atoms with van der Waals surface area (Å²) >= 11 is 0. The fraction of sp³-hybridized carbons (Fsp3) is 0.231. The number of rotatable bonds is 4. The first kappa shape index (κ1) is 11.4. The normalized spacial score (nSPS) is 10.2. The zero-order valence-electron chi connectivity index (χ0n) is 9.73. The third kappa shape index (κ3) is 3.45. The number of aromatic amines is 1. The second kappa shape index (κ2) is 5.30. The van der Waals surface area contributed by atoms with Gasteiger partial charge in [-0.25, -0.2) is 0 Å². The van der Waals surface area contributed by atoms with E-state index in [1.165, 1.54) is 0 Å². The SMILES string of the molecule is Cc1cc(CC(=O)NCc2cccnc2)c[nH]1. The van der Waals surface area contributed by atoms with Crippen LogP contribution in [-0.2, 0) is 17.8 Å². The first-order valence-electron chi connectivity index (χ1n) is 5.53. The summed E-state index contributed by atoms with van der Waals surface area (Å²) in [6.07, 6.45) is 5.73. The molecule has 2 aromatic rings. The van der Waals surface area contributed by atoms with Crippen LogP contribution in [0.3, 0.4) is 0 Å². The largest absolute Gasteiger partial charge is 0.365 e. The Bertz CT molecular complexity index is 490. The monoisotopic (exact) mass is 229 g/mol. The number of aromatic nitrogens is 2. The maximum absolute atomic E-state index is 11.6. The molecule has 2 aromatic heterocycles. The second-order valence-corrected chi connectivity index (χ2v) is 4.01. The number of hydrogen-bond acceptors (Lipinski definition) is 2. The molecule has 2 heterocycles. The van der Waals surface area contributed by atoms with E-state index < -0.39 is 0 Å². The zero-order chi connectivity index (χ0) is 12.1. The molecule has 0 unspecified atom stereocenters. The molecule has 0 aliphatic rings. The van der Waals surface area contributed by atoms with Crippen LogP contribution in [0.15, 0.2) is 36.8 Å². The average Bonchev–Trinajstić information content (AvgIpc) is 2.73. The number of nitrogens with zero attached hydrogens (tertiary/aromatic N) is 1. The van der Waals surface area contributed by atoms with Gasteiger partial charge in [-0.3, -0.25) is 9.78 Å². The van der Waals surface area contributed by atoms with Gasteiger partial charge in [-0.1, -0.05) is 6.07 Å². The maximum Gasteiger partial charge on any atom is 0.224 e. The summed E-state index contributed by atoms with van der Waals surface area (Å²) < 4.78 is 0. The molecule has 0 atom stereocenters. The summed E-state index contributed by atoms with van der Waals surface area (Å²) in [5, 5.41) is 2.86. The first-order chi connectivity index (χ1) is 8.24. The summed E-state index contributed by atoms with van der Waals surface area (Å²) in [6, 6.07) is 5.77. The Morgan fingerprint density at radius 1 is 1.47 bits per heavy atom. The number of pyridine rings is 1. The Kier molecular flexibility index (Phi) is 3.55. The Hall–Kier alpha value is -2.10. The molecule has 0 spiro atoms. The van der Waals surface area contributed by atoms with E-state index >= 15 is 0 Å². The van der Waals surface area contributed by atoms with Gasteiger partial charge >= 0.3 is 0 Å². The van der Waals surface area contributed by atoms with Crippen LogP contribution in [0, 0.1) is 6.92 Å². The van der Waals surface area contributed by atoms with Gasteiger partial charge in [0.2, 0.25) is 5.91 Å². The average molecular weight is 229 g/mol. The molecule has 0 bridgehead atoms. The van der Waals surface area contributed by atoms with Gasteiger partial charge in [-0.05, 0) is 30.2 Å². The number of H-pyrrole nitrogens is 1. The molecule has 0 aromatic carbocycles. The van der Waals surface area contributed by atoms with E-state index in [0.29, 0.717) is 13.0 Å². The van der Waals surface area contributed by atoms with Gasteiger partial charge in [-0.2, -0.15) is 0 Å². The highest BCUT2D eigenvalue weighted by Crippen LogP contribution is 2.03. The van der Waals surface area contributed by atoms with Crippen molar-refractivity contribution in [2.75, 3.05) is 0 Å². The minimum absolute atomic E-state index is 0.0212. The summed E-state index contributed by atoms with van der Waals surface area (Å²) in [5.41, 5.74) is 3.08. The van der Waals surface area contributed by atoms with Crippen molar-refractivity contribution >= 4 is 5.91 Å². The van der Waals surface area contributed by atoms with Crippen molar-refractivity contribution in [3.63, 3.8) is 0 Å². The maximum atomic E-state index is 11.6. The predicted molar refractivity (Wildman–Crippen MR) is 65.3 cm³/mol. The fourth-order valence-corrected chi connectivity index (χ4v) is 1.62. The van der Waals surface area contributed by atoms with Crippen LogP contribution in [-0.4, -0.2) is 15.9 Å². The lowest BCUT2D eigenvalue weighted by atomic mass is 10.2. The van der Waals surface area contributed by atoms with Crippen molar-refractivity contribution in [1.82, 2.24) is 15.3 Å².